The lowest BCUT2D eigenvalue weighted by Crippen LogP contribution is -2.25. The maximum Gasteiger partial charge on any atom is 0.158 e. The predicted octanol–water partition coefficient (Wildman–Crippen LogP) is 2.46. The summed E-state index contributed by atoms with van der Waals surface area (Å²) in [4.78, 5) is 6.64. The lowest BCUT2D eigenvalue weighted by molar-refractivity contribution is 0.303. The minimum atomic E-state index is 0.0695. The van der Waals surface area contributed by atoms with Gasteiger partial charge in [-0.15, -0.1) is 0 Å². The monoisotopic (exact) mass is 356 g/mol. The van der Waals surface area contributed by atoms with Crippen molar-refractivity contribution >= 4 is 11.5 Å². The zero-order valence-corrected chi connectivity index (χ0v) is 15.8. The highest BCUT2D eigenvalue weighted by Crippen LogP contribution is 2.31. The molecule has 1 aromatic carbocycles. The zero-order valence-electron chi connectivity index (χ0n) is 15.8. The number of hydrogen-bond donors (Lipinski definition) is 1. The molecule has 0 saturated carbocycles. The van der Waals surface area contributed by atoms with Crippen LogP contribution in [0.15, 0.2) is 24.3 Å². The molecule has 3 rings (SSSR count). The van der Waals surface area contributed by atoms with Gasteiger partial charge in [0.25, 0.3) is 0 Å². The smallest absolute Gasteiger partial charge is 0.158 e. The third-order valence-electron chi connectivity index (χ3n) is 4.50. The molecule has 2 heterocycles. The van der Waals surface area contributed by atoms with E-state index in [2.05, 4.69) is 4.98 Å². The van der Waals surface area contributed by atoms with Gasteiger partial charge in [0.1, 0.15) is 17.3 Å². The van der Waals surface area contributed by atoms with Gasteiger partial charge in [-0.25, -0.2) is 4.98 Å². The van der Waals surface area contributed by atoms with Crippen LogP contribution in [0.25, 0.3) is 16.9 Å². The van der Waals surface area contributed by atoms with E-state index in [1.54, 1.807) is 14.2 Å². The highest BCUT2D eigenvalue weighted by molar-refractivity contribution is 5.69. The van der Waals surface area contributed by atoms with Crippen molar-refractivity contribution in [3.8, 4) is 22.8 Å². The van der Waals surface area contributed by atoms with Crippen LogP contribution in [0, 0.1) is 13.8 Å². The number of aromatic nitrogens is 3. The number of benzene rings is 1. The molecule has 3 aromatic rings. The number of nitrogens with zero attached hydrogens (tertiary/aromatic N) is 4. The highest BCUT2D eigenvalue weighted by atomic mass is 16.5. The first-order valence-electron chi connectivity index (χ1n) is 8.41. The van der Waals surface area contributed by atoms with Crippen LogP contribution in [-0.2, 0) is 0 Å². The van der Waals surface area contributed by atoms with Crippen LogP contribution < -0.4 is 14.4 Å². The number of methoxy groups -OCH3 is 2. The van der Waals surface area contributed by atoms with Gasteiger partial charge < -0.3 is 19.5 Å². The summed E-state index contributed by atoms with van der Waals surface area (Å²) in [5, 5.41) is 14.1. The van der Waals surface area contributed by atoms with Crippen molar-refractivity contribution in [3.05, 3.63) is 35.5 Å². The Labute approximate surface area is 152 Å². The van der Waals surface area contributed by atoms with Crippen molar-refractivity contribution in [2.24, 2.45) is 0 Å². The van der Waals surface area contributed by atoms with E-state index >= 15 is 0 Å². The fraction of sp³-hybridized carbons (Fsp3) is 0.368. The molecule has 0 radical (unpaired) electrons. The van der Waals surface area contributed by atoms with Gasteiger partial charge >= 0.3 is 0 Å². The van der Waals surface area contributed by atoms with Gasteiger partial charge in [0.05, 0.1) is 26.5 Å². The molecule has 138 valence electrons. The highest BCUT2D eigenvalue weighted by Gasteiger charge is 2.17. The fourth-order valence-corrected chi connectivity index (χ4v) is 2.98. The molecule has 0 aliphatic carbocycles. The van der Waals surface area contributed by atoms with E-state index in [0.29, 0.717) is 18.0 Å². The van der Waals surface area contributed by atoms with Crippen LogP contribution in [0.3, 0.4) is 0 Å². The molecule has 0 fully saturated rings. The number of ether oxygens (including phenoxy) is 2. The minimum Gasteiger partial charge on any atom is -0.497 e. The molecule has 0 saturated heterocycles. The van der Waals surface area contributed by atoms with Crippen molar-refractivity contribution in [3.63, 3.8) is 0 Å². The Balaban J connectivity index is 2.20. The standard InChI is InChI=1S/C19H24N4O3/c1-12-13(2)20-18-11-17(21-23(18)19(12)22(3)6-7-24)14-8-15(25-4)10-16(9-14)26-5/h8-11,24H,6-7H2,1-5H3. The van der Waals surface area contributed by atoms with Crippen LogP contribution in [-0.4, -0.2) is 54.1 Å². The molecule has 0 aliphatic heterocycles. The first kappa shape index (κ1) is 18.0. The average molecular weight is 356 g/mol. The minimum absolute atomic E-state index is 0.0695. The molecule has 0 atom stereocenters. The van der Waals surface area contributed by atoms with E-state index in [0.717, 1.165) is 34.0 Å². The fourth-order valence-electron chi connectivity index (χ4n) is 2.98. The zero-order chi connectivity index (χ0) is 18.8. The van der Waals surface area contributed by atoms with Crippen molar-refractivity contribution < 1.29 is 14.6 Å². The molecule has 26 heavy (non-hydrogen) atoms. The molecule has 0 bridgehead atoms. The summed E-state index contributed by atoms with van der Waals surface area (Å²) in [6, 6.07) is 7.60. The Hall–Kier alpha value is -2.80. The number of rotatable bonds is 6. The largest absolute Gasteiger partial charge is 0.497 e. The average Bonchev–Trinajstić information content (AvgIpc) is 3.05. The van der Waals surface area contributed by atoms with Crippen LogP contribution >= 0.6 is 0 Å². The number of fused-ring (bicyclic) bond motifs is 1. The molecule has 1 N–H and O–H groups in total. The molecular weight excluding hydrogens is 332 g/mol. The van der Waals surface area contributed by atoms with E-state index in [-0.39, 0.29) is 6.61 Å². The molecule has 0 spiro atoms. The van der Waals surface area contributed by atoms with E-state index in [1.165, 1.54) is 0 Å². The quantitative estimate of drug-likeness (QED) is 0.731. The van der Waals surface area contributed by atoms with Crippen molar-refractivity contribution in [1.82, 2.24) is 14.6 Å². The lowest BCUT2D eigenvalue weighted by Gasteiger charge is -2.21. The third-order valence-corrected chi connectivity index (χ3v) is 4.50. The Morgan fingerprint density at radius 1 is 1.08 bits per heavy atom. The lowest BCUT2D eigenvalue weighted by atomic mass is 10.1. The van der Waals surface area contributed by atoms with E-state index in [1.807, 2.05) is 54.6 Å². The van der Waals surface area contributed by atoms with Crippen LogP contribution in [0.1, 0.15) is 11.3 Å². The summed E-state index contributed by atoms with van der Waals surface area (Å²) in [6.07, 6.45) is 0. The Kier molecular flexibility index (Phi) is 4.99. The Bertz CT molecular complexity index is 914. The topological polar surface area (TPSA) is 72.1 Å². The van der Waals surface area contributed by atoms with E-state index in [9.17, 15) is 5.11 Å². The second kappa shape index (κ2) is 7.21. The first-order chi connectivity index (χ1) is 12.5. The van der Waals surface area contributed by atoms with Gasteiger partial charge in [0.2, 0.25) is 0 Å². The number of aryl methyl sites for hydroxylation is 1. The first-order valence-corrected chi connectivity index (χ1v) is 8.41. The second-order valence-electron chi connectivity index (χ2n) is 6.19. The number of anilines is 1. The maximum atomic E-state index is 9.31. The summed E-state index contributed by atoms with van der Waals surface area (Å²) in [5.41, 5.74) is 4.39. The SMILES string of the molecule is COc1cc(OC)cc(-c2cc3nc(C)c(C)c(N(C)CCO)n3n2)c1. The molecule has 0 amide bonds. The van der Waals surface area contributed by atoms with Crippen molar-refractivity contribution in [1.29, 1.82) is 0 Å². The van der Waals surface area contributed by atoms with Gasteiger partial charge in [-0.1, -0.05) is 0 Å². The number of likely N-dealkylation sites (N-methyl/N-ethyl adjacent to an activating group) is 1. The Morgan fingerprint density at radius 2 is 1.73 bits per heavy atom. The third kappa shape index (κ3) is 3.17. The second-order valence-corrected chi connectivity index (χ2v) is 6.19. The molecule has 2 aromatic heterocycles. The molecule has 0 aliphatic rings. The van der Waals surface area contributed by atoms with Crippen LogP contribution in [0.5, 0.6) is 11.5 Å². The molecular formula is C19H24N4O3. The number of aliphatic hydroxyl groups is 1. The van der Waals surface area contributed by atoms with Gasteiger partial charge in [-0.2, -0.15) is 9.61 Å². The summed E-state index contributed by atoms with van der Waals surface area (Å²) < 4.78 is 12.5. The van der Waals surface area contributed by atoms with Gasteiger partial charge in [-0.05, 0) is 26.0 Å². The van der Waals surface area contributed by atoms with Gasteiger partial charge in [-0.3, -0.25) is 0 Å². The molecule has 7 nitrogen and oxygen atoms in total. The van der Waals surface area contributed by atoms with Crippen LogP contribution in [0.4, 0.5) is 5.82 Å². The maximum absolute atomic E-state index is 9.31. The Morgan fingerprint density at radius 3 is 2.31 bits per heavy atom. The summed E-state index contributed by atoms with van der Waals surface area (Å²) in [5.74, 6) is 2.33. The number of aliphatic hydroxyl groups excluding tert-OH is 1. The summed E-state index contributed by atoms with van der Waals surface area (Å²) in [6.45, 7) is 4.58. The number of hydrogen-bond acceptors (Lipinski definition) is 6. The summed E-state index contributed by atoms with van der Waals surface area (Å²) in [7, 11) is 5.18. The van der Waals surface area contributed by atoms with Gasteiger partial charge in [0, 0.05) is 42.5 Å². The van der Waals surface area contributed by atoms with E-state index in [4.69, 9.17) is 14.6 Å². The van der Waals surface area contributed by atoms with Crippen molar-refractivity contribution in [2.75, 3.05) is 39.3 Å². The summed E-state index contributed by atoms with van der Waals surface area (Å²) >= 11 is 0. The van der Waals surface area contributed by atoms with Crippen LogP contribution in [0.2, 0.25) is 0 Å². The molecule has 7 heteroatoms. The normalized spacial score (nSPS) is 11.0. The van der Waals surface area contributed by atoms with E-state index < -0.39 is 0 Å². The predicted molar refractivity (Wildman–Crippen MR) is 101 cm³/mol. The van der Waals surface area contributed by atoms with Gasteiger partial charge in [0.15, 0.2) is 5.65 Å². The molecule has 0 unspecified atom stereocenters. The van der Waals surface area contributed by atoms with Crippen molar-refractivity contribution in [2.45, 2.75) is 13.8 Å².